The van der Waals surface area contributed by atoms with Crippen LogP contribution in [0.3, 0.4) is 0 Å². The third kappa shape index (κ3) is 4.72. The molecule has 1 saturated heterocycles. The van der Waals surface area contributed by atoms with Crippen molar-refractivity contribution in [3.63, 3.8) is 0 Å². The summed E-state index contributed by atoms with van der Waals surface area (Å²) in [5.41, 5.74) is 1.93. The highest BCUT2D eigenvalue weighted by Gasteiger charge is 2.36. The maximum absolute atomic E-state index is 13.3. The molecule has 0 spiro atoms. The van der Waals surface area contributed by atoms with Gasteiger partial charge in [-0.3, -0.25) is 9.79 Å². The summed E-state index contributed by atoms with van der Waals surface area (Å²) < 4.78 is 18.2. The molecule has 1 fully saturated rings. The Morgan fingerprint density at radius 2 is 2.22 bits per heavy atom. The molecule has 1 aliphatic heterocycles. The average Bonchev–Trinajstić information content (AvgIpc) is 3.21. The van der Waals surface area contributed by atoms with E-state index in [2.05, 4.69) is 27.1 Å². The number of methoxy groups -OCH3 is 1. The molecule has 148 valence electrons. The van der Waals surface area contributed by atoms with Gasteiger partial charge in [-0.2, -0.15) is 0 Å². The summed E-state index contributed by atoms with van der Waals surface area (Å²) in [5, 5.41) is 4.39. The van der Waals surface area contributed by atoms with Crippen molar-refractivity contribution in [3.05, 3.63) is 35.8 Å². The molecule has 6 nitrogen and oxygen atoms in total. The molecular weight excluding hydrogens is 462 g/mol. The topological polar surface area (TPSA) is 69.7 Å². The van der Waals surface area contributed by atoms with Gasteiger partial charge in [0.25, 0.3) is 0 Å². The molecule has 1 aromatic heterocycles. The molecule has 27 heavy (non-hydrogen) atoms. The molecule has 0 amide bonds. The fraction of sp³-hybridized carbons (Fsp3) is 0.474. The number of nitrogens with one attached hydrogen (secondary N) is 2. The molecule has 3 rings (SSSR count). The normalized spacial score (nSPS) is 19.9. The van der Waals surface area contributed by atoms with Crippen LogP contribution < -0.4 is 5.32 Å². The molecule has 8 heteroatoms. The standard InChI is InChI=1S/C19H25FN4O2.HI/c1-12-10-24(11-16(12)18(25)26-3)19(21-2)22-7-6-13-9-23-17-8-14(20)4-5-15(13)17;/h4-5,8-9,12,16,23H,6-7,10-11H2,1-3H3,(H,21,22);1H. The van der Waals surface area contributed by atoms with E-state index in [1.54, 1.807) is 13.1 Å². The first-order valence-corrected chi connectivity index (χ1v) is 8.82. The van der Waals surface area contributed by atoms with E-state index in [4.69, 9.17) is 4.74 Å². The number of rotatable bonds is 4. The van der Waals surface area contributed by atoms with Gasteiger partial charge in [0.05, 0.1) is 13.0 Å². The molecule has 2 N–H and O–H groups in total. The molecule has 2 unspecified atom stereocenters. The quantitative estimate of drug-likeness (QED) is 0.301. The van der Waals surface area contributed by atoms with Gasteiger partial charge in [-0.15, -0.1) is 24.0 Å². The predicted molar refractivity (Wildman–Crippen MR) is 115 cm³/mol. The van der Waals surface area contributed by atoms with Gasteiger partial charge in [0.1, 0.15) is 5.82 Å². The van der Waals surface area contributed by atoms with Crippen LogP contribution >= 0.6 is 24.0 Å². The average molecular weight is 488 g/mol. The van der Waals surface area contributed by atoms with Crippen LogP contribution in [0.4, 0.5) is 4.39 Å². The van der Waals surface area contributed by atoms with Crippen molar-refractivity contribution in [2.45, 2.75) is 13.3 Å². The highest BCUT2D eigenvalue weighted by molar-refractivity contribution is 14.0. The summed E-state index contributed by atoms with van der Waals surface area (Å²) in [7, 11) is 3.17. The lowest BCUT2D eigenvalue weighted by molar-refractivity contribution is -0.145. The van der Waals surface area contributed by atoms with Crippen molar-refractivity contribution in [1.29, 1.82) is 0 Å². The number of benzene rings is 1. The number of esters is 1. The largest absolute Gasteiger partial charge is 0.469 e. The van der Waals surface area contributed by atoms with Crippen molar-refractivity contribution in [2.24, 2.45) is 16.8 Å². The summed E-state index contributed by atoms with van der Waals surface area (Å²) >= 11 is 0. The summed E-state index contributed by atoms with van der Waals surface area (Å²) in [5.74, 6) is 0.481. The zero-order valence-electron chi connectivity index (χ0n) is 15.8. The van der Waals surface area contributed by atoms with Gasteiger partial charge < -0.3 is 19.9 Å². The Kier molecular flexibility index (Phi) is 7.46. The van der Waals surface area contributed by atoms with E-state index in [0.717, 1.165) is 35.4 Å². The van der Waals surface area contributed by atoms with Crippen LogP contribution in [0.1, 0.15) is 12.5 Å². The van der Waals surface area contributed by atoms with Crippen LogP contribution in [0.25, 0.3) is 10.9 Å². The Morgan fingerprint density at radius 3 is 2.93 bits per heavy atom. The van der Waals surface area contributed by atoms with E-state index in [1.165, 1.54) is 19.2 Å². The number of carbonyl (C=O) groups is 1. The first-order valence-electron chi connectivity index (χ1n) is 8.82. The number of hydrogen-bond acceptors (Lipinski definition) is 3. The maximum atomic E-state index is 13.3. The minimum Gasteiger partial charge on any atom is -0.469 e. The van der Waals surface area contributed by atoms with Crippen molar-refractivity contribution in [3.8, 4) is 0 Å². The van der Waals surface area contributed by atoms with E-state index in [0.29, 0.717) is 13.1 Å². The van der Waals surface area contributed by atoms with Crippen LogP contribution in [0, 0.1) is 17.7 Å². The van der Waals surface area contributed by atoms with Crippen LogP contribution in [0.5, 0.6) is 0 Å². The molecule has 0 aliphatic carbocycles. The number of aromatic amines is 1. The van der Waals surface area contributed by atoms with Gasteiger partial charge in [-0.05, 0) is 36.1 Å². The Hall–Kier alpha value is -1.84. The number of nitrogens with zero attached hydrogens (tertiary/aromatic N) is 2. The fourth-order valence-corrected chi connectivity index (χ4v) is 3.60. The monoisotopic (exact) mass is 488 g/mol. The fourth-order valence-electron chi connectivity index (χ4n) is 3.60. The highest BCUT2D eigenvalue weighted by Crippen LogP contribution is 2.24. The number of hydrogen-bond donors (Lipinski definition) is 2. The lowest BCUT2D eigenvalue weighted by Crippen LogP contribution is -2.41. The number of likely N-dealkylation sites (tertiary alicyclic amines) is 1. The summed E-state index contributed by atoms with van der Waals surface area (Å²) in [6.45, 7) is 4.14. The van der Waals surface area contributed by atoms with E-state index >= 15 is 0 Å². The van der Waals surface area contributed by atoms with Gasteiger partial charge >= 0.3 is 5.97 Å². The molecule has 0 bridgehead atoms. The number of guanidine groups is 1. The van der Waals surface area contributed by atoms with Gasteiger partial charge in [0.15, 0.2) is 5.96 Å². The van der Waals surface area contributed by atoms with Gasteiger partial charge in [-0.25, -0.2) is 4.39 Å². The van der Waals surface area contributed by atoms with Crippen molar-refractivity contribution < 1.29 is 13.9 Å². The minimum atomic E-state index is -0.243. The number of ether oxygens (including phenoxy) is 1. The third-order valence-corrected chi connectivity index (χ3v) is 5.03. The van der Waals surface area contributed by atoms with Gasteiger partial charge in [0.2, 0.25) is 0 Å². The Labute approximate surface area is 175 Å². The summed E-state index contributed by atoms with van der Waals surface area (Å²) in [4.78, 5) is 21.4. The maximum Gasteiger partial charge on any atom is 0.310 e. The van der Waals surface area contributed by atoms with Gasteiger partial charge in [0, 0.05) is 43.8 Å². The molecule has 0 saturated carbocycles. The van der Waals surface area contributed by atoms with Crippen molar-refractivity contribution in [1.82, 2.24) is 15.2 Å². The SMILES string of the molecule is CN=C(NCCc1c[nH]c2cc(F)ccc12)N1CC(C)C(C(=O)OC)C1.I. The van der Waals surface area contributed by atoms with Crippen LogP contribution in [-0.2, 0) is 16.0 Å². The molecule has 0 radical (unpaired) electrons. The highest BCUT2D eigenvalue weighted by atomic mass is 127. The Morgan fingerprint density at radius 1 is 1.44 bits per heavy atom. The zero-order chi connectivity index (χ0) is 18.7. The Balaban J connectivity index is 0.00000261. The molecule has 1 aliphatic rings. The zero-order valence-corrected chi connectivity index (χ0v) is 18.1. The molecule has 1 aromatic carbocycles. The summed E-state index contributed by atoms with van der Waals surface area (Å²) in [6, 6.07) is 4.78. The molecular formula is C19H26FIN4O2. The molecule has 2 atom stereocenters. The number of H-pyrrole nitrogens is 1. The minimum absolute atomic E-state index is 0. The second-order valence-corrected chi connectivity index (χ2v) is 6.74. The number of carbonyl (C=O) groups excluding carboxylic acids is 1. The van der Waals surface area contributed by atoms with E-state index in [1.807, 2.05) is 6.20 Å². The van der Waals surface area contributed by atoms with Crippen LogP contribution in [0.2, 0.25) is 0 Å². The second-order valence-electron chi connectivity index (χ2n) is 6.74. The van der Waals surface area contributed by atoms with Crippen molar-refractivity contribution >= 4 is 46.8 Å². The predicted octanol–water partition coefficient (Wildman–Crippen LogP) is 2.78. The second kappa shape index (κ2) is 9.38. The van der Waals surface area contributed by atoms with E-state index < -0.39 is 0 Å². The third-order valence-electron chi connectivity index (χ3n) is 5.03. The van der Waals surface area contributed by atoms with E-state index in [9.17, 15) is 9.18 Å². The molecule has 2 heterocycles. The number of aliphatic imine (C=N–C) groups is 1. The number of halogens is 2. The van der Waals surface area contributed by atoms with Crippen LogP contribution in [-0.4, -0.2) is 55.6 Å². The lowest BCUT2D eigenvalue weighted by Gasteiger charge is -2.21. The van der Waals surface area contributed by atoms with E-state index in [-0.39, 0.29) is 47.6 Å². The number of aromatic nitrogens is 1. The summed E-state index contributed by atoms with van der Waals surface area (Å²) in [6.07, 6.45) is 2.70. The lowest BCUT2D eigenvalue weighted by atomic mass is 9.99. The Bertz CT molecular complexity index is 823. The first-order chi connectivity index (χ1) is 12.5. The number of fused-ring (bicyclic) bond motifs is 1. The van der Waals surface area contributed by atoms with Crippen LogP contribution in [0.15, 0.2) is 29.4 Å². The van der Waals surface area contributed by atoms with Crippen molar-refractivity contribution in [2.75, 3.05) is 33.8 Å². The smallest absolute Gasteiger partial charge is 0.310 e. The first kappa shape index (κ1) is 21.5. The van der Waals surface area contributed by atoms with Gasteiger partial charge in [-0.1, -0.05) is 6.92 Å². The molecule has 2 aromatic rings.